The van der Waals surface area contributed by atoms with Crippen LogP contribution in [0.5, 0.6) is 0 Å². The van der Waals surface area contributed by atoms with Crippen LogP contribution in [-0.2, 0) is 6.54 Å². The molecule has 21 heavy (non-hydrogen) atoms. The van der Waals surface area contributed by atoms with E-state index >= 15 is 0 Å². The van der Waals surface area contributed by atoms with E-state index in [4.69, 9.17) is 0 Å². The maximum atomic E-state index is 12.5. The van der Waals surface area contributed by atoms with Gasteiger partial charge in [-0.1, -0.05) is 6.07 Å². The summed E-state index contributed by atoms with van der Waals surface area (Å²) in [6.07, 6.45) is 6.51. The third-order valence-electron chi connectivity index (χ3n) is 3.19. The molecule has 0 atom stereocenters. The van der Waals surface area contributed by atoms with E-state index in [0.717, 1.165) is 5.56 Å². The molecule has 0 saturated carbocycles. The molecule has 0 aliphatic carbocycles. The molecule has 8 heteroatoms. The molecule has 0 spiro atoms. The van der Waals surface area contributed by atoms with Crippen molar-refractivity contribution >= 4 is 16.8 Å². The number of pyridine rings is 2. The van der Waals surface area contributed by atoms with Crippen molar-refractivity contribution < 1.29 is 0 Å². The molecule has 0 N–H and O–H groups in total. The van der Waals surface area contributed by atoms with Gasteiger partial charge in [-0.2, -0.15) is 14.6 Å². The summed E-state index contributed by atoms with van der Waals surface area (Å²) in [6.45, 7) is 0.430. The first-order chi connectivity index (χ1) is 10.3. The van der Waals surface area contributed by atoms with Gasteiger partial charge < -0.3 is 4.57 Å². The first kappa shape index (κ1) is 11.6. The fourth-order valence-corrected chi connectivity index (χ4v) is 2.20. The lowest BCUT2D eigenvalue weighted by Crippen LogP contribution is -2.22. The molecule has 0 bridgehead atoms. The highest BCUT2D eigenvalue weighted by Gasteiger charge is 2.10. The molecular formula is C13H9N7O. The van der Waals surface area contributed by atoms with E-state index in [-0.39, 0.29) is 11.1 Å². The Hall–Kier alpha value is -3.16. The smallest absolute Gasteiger partial charge is 0.280 e. The average Bonchev–Trinajstić information content (AvgIpc) is 3.00. The minimum atomic E-state index is -0.221. The second-order valence-corrected chi connectivity index (χ2v) is 4.52. The third-order valence-corrected chi connectivity index (χ3v) is 3.19. The van der Waals surface area contributed by atoms with Crippen molar-refractivity contribution in [2.45, 2.75) is 6.54 Å². The normalized spacial score (nSPS) is 11.2. The average molecular weight is 279 g/mol. The summed E-state index contributed by atoms with van der Waals surface area (Å²) >= 11 is 0. The number of hydrogen-bond acceptors (Lipinski definition) is 6. The van der Waals surface area contributed by atoms with Gasteiger partial charge in [0.2, 0.25) is 0 Å². The van der Waals surface area contributed by atoms with Crippen LogP contribution in [0.4, 0.5) is 0 Å². The van der Waals surface area contributed by atoms with Crippen molar-refractivity contribution in [2.24, 2.45) is 0 Å². The quantitative estimate of drug-likeness (QED) is 0.523. The predicted octanol–water partition coefficient (Wildman–Crippen LogP) is 0.277. The molecule has 0 aromatic carbocycles. The van der Waals surface area contributed by atoms with E-state index in [0.29, 0.717) is 17.8 Å². The molecule has 4 rings (SSSR count). The van der Waals surface area contributed by atoms with Crippen molar-refractivity contribution in [1.29, 1.82) is 0 Å². The van der Waals surface area contributed by atoms with E-state index in [1.54, 1.807) is 29.2 Å². The van der Waals surface area contributed by atoms with Crippen LogP contribution in [-0.4, -0.2) is 34.3 Å². The molecule has 8 nitrogen and oxygen atoms in total. The van der Waals surface area contributed by atoms with Crippen LogP contribution in [0.1, 0.15) is 5.56 Å². The van der Waals surface area contributed by atoms with Gasteiger partial charge >= 0.3 is 0 Å². The molecule has 0 saturated heterocycles. The van der Waals surface area contributed by atoms with Crippen molar-refractivity contribution in [3.8, 4) is 0 Å². The summed E-state index contributed by atoms with van der Waals surface area (Å²) in [5.74, 6) is 0.368. The van der Waals surface area contributed by atoms with Crippen LogP contribution in [0.3, 0.4) is 0 Å². The van der Waals surface area contributed by atoms with Crippen molar-refractivity contribution in [1.82, 2.24) is 34.3 Å². The van der Waals surface area contributed by atoms with Gasteiger partial charge in [-0.15, -0.1) is 10.2 Å². The van der Waals surface area contributed by atoms with Gasteiger partial charge in [0.05, 0.1) is 6.54 Å². The SMILES string of the molecule is O=c1c2nnc3ncnn3c2ccn1Cc1cccnc1. The second-order valence-electron chi connectivity index (χ2n) is 4.52. The Bertz CT molecular complexity index is 990. The minimum absolute atomic E-state index is 0.221. The molecule has 0 aliphatic heterocycles. The fourth-order valence-electron chi connectivity index (χ4n) is 2.20. The van der Waals surface area contributed by atoms with Crippen LogP contribution in [0.2, 0.25) is 0 Å². The summed E-state index contributed by atoms with van der Waals surface area (Å²) in [5.41, 5.74) is 1.57. The van der Waals surface area contributed by atoms with Crippen LogP contribution in [0.15, 0.2) is 47.9 Å². The van der Waals surface area contributed by atoms with Crippen LogP contribution in [0, 0.1) is 0 Å². The molecule has 0 unspecified atom stereocenters. The predicted molar refractivity (Wildman–Crippen MR) is 73.7 cm³/mol. The molecular weight excluding hydrogens is 270 g/mol. The highest BCUT2D eigenvalue weighted by atomic mass is 16.1. The molecule has 102 valence electrons. The summed E-state index contributed by atoms with van der Waals surface area (Å²) < 4.78 is 3.06. The lowest BCUT2D eigenvalue weighted by molar-refractivity contribution is 0.757. The standard InChI is InChI=1S/C13H9N7O/c21-12-11-10(20-13(18-17-11)15-8-16-20)3-5-19(12)7-9-2-1-4-14-6-9/h1-6,8H,7H2. The third kappa shape index (κ3) is 1.84. The molecule has 0 amide bonds. The summed E-state index contributed by atoms with van der Waals surface area (Å²) in [4.78, 5) is 20.5. The van der Waals surface area contributed by atoms with Crippen LogP contribution < -0.4 is 5.56 Å². The first-order valence-electron chi connectivity index (χ1n) is 6.27. The molecule has 0 aliphatic rings. The fraction of sp³-hybridized carbons (Fsp3) is 0.0769. The van der Waals surface area contributed by atoms with Crippen molar-refractivity contribution in [3.63, 3.8) is 0 Å². The van der Waals surface area contributed by atoms with E-state index in [1.165, 1.54) is 10.8 Å². The zero-order valence-electron chi connectivity index (χ0n) is 10.8. The monoisotopic (exact) mass is 279 g/mol. The maximum Gasteiger partial charge on any atom is 0.280 e. The number of nitrogens with zero attached hydrogens (tertiary/aromatic N) is 7. The van der Waals surface area contributed by atoms with E-state index in [9.17, 15) is 4.79 Å². The van der Waals surface area contributed by atoms with E-state index in [2.05, 4.69) is 25.3 Å². The van der Waals surface area contributed by atoms with Gasteiger partial charge in [0.25, 0.3) is 11.3 Å². The highest BCUT2D eigenvalue weighted by molar-refractivity contribution is 5.74. The van der Waals surface area contributed by atoms with Crippen molar-refractivity contribution in [2.75, 3.05) is 0 Å². The Balaban J connectivity index is 1.90. The van der Waals surface area contributed by atoms with Gasteiger partial charge in [-0.3, -0.25) is 9.78 Å². The lowest BCUT2D eigenvalue weighted by atomic mass is 10.3. The number of aromatic nitrogens is 7. The Labute approximate surface area is 117 Å². The van der Waals surface area contributed by atoms with Gasteiger partial charge in [0.1, 0.15) is 11.8 Å². The van der Waals surface area contributed by atoms with Crippen LogP contribution >= 0.6 is 0 Å². The minimum Gasteiger partial charge on any atom is -0.309 e. The zero-order chi connectivity index (χ0) is 14.2. The Morgan fingerprint density at radius 3 is 3.00 bits per heavy atom. The van der Waals surface area contributed by atoms with E-state index < -0.39 is 0 Å². The number of hydrogen-bond donors (Lipinski definition) is 0. The van der Waals surface area contributed by atoms with Gasteiger partial charge in [0.15, 0.2) is 5.52 Å². The molecule has 4 aromatic rings. The zero-order valence-corrected chi connectivity index (χ0v) is 10.8. The Morgan fingerprint density at radius 1 is 1.19 bits per heavy atom. The summed E-state index contributed by atoms with van der Waals surface area (Å²) in [6, 6.07) is 5.53. The van der Waals surface area contributed by atoms with Crippen molar-refractivity contribution in [3.05, 3.63) is 59.0 Å². The first-order valence-corrected chi connectivity index (χ1v) is 6.27. The highest BCUT2D eigenvalue weighted by Crippen LogP contribution is 2.07. The lowest BCUT2D eigenvalue weighted by Gasteiger charge is -2.06. The number of rotatable bonds is 2. The van der Waals surface area contributed by atoms with Crippen LogP contribution in [0.25, 0.3) is 16.8 Å². The van der Waals surface area contributed by atoms with E-state index in [1.807, 2.05) is 12.1 Å². The topological polar surface area (TPSA) is 90.9 Å². The molecule has 4 heterocycles. The summed E-state index contributed by atoms with van der Waals surface area (Å²) in [5, 5.41) is 11.9. The largest absolute Gasteiger partial charge is 0.309 e. The summed E-state index contributed by atoms with van der Waals surface area (Å²) in [7, 11) is 0. The molecule has 0 radical (unpaired) electrons. The van der Waals surface area contributed by atoms with Gasteiger partial charge in [-0.05, 0) is 17.7 Å². The molecule has 0 fully saturated rings. The van der Waals surface area contributed by atoms with Gasteiger partial charge in [-0.25, -0.2) is 0 Å². The second kappa shape index (κ2) is 4.44. The van der Waals surface area contributed by atoms with Gasteiger partial charge in [0, 0.05) is 18.6 Å². The Kier molecular flexibility index (Phi) is 2.46. The maximum absolute atomic E-state index is 12.5. The Morgan fingerprint density at radius 2 is 2.14 bits per heavy atom. The number of fused-ring (bicyclic) bond motifs is 3. The molecule has 4 aromatic heterocycles.